The molecule has 4 aromatic rings. The predicted octanol–water partition coefficient (Wildman–Crippen LogP) is 3.76. The maximum atomic E-state index is 13.1. The minimum Gasteiger partial charge on any atom is -0.396 e. The number of benzene rings is 2. The molecule has 0 aliphatic heterocycles. The number of nitrogens with one attached hydrogen (secondary N) is 1. The van der Waals surface area contributed by atoms with Gasteiger partial charge in [-0.3, -0.25) is 9.69 Å². The van der Waals surface area contributed by atoms with Crippen molar-refractivity contribution in [1.29, 1.82) is 0 Å². The lowest BCUT2D eigenvalue weighted by Crippen LogP contribution is -2.36. The summed E-state index contributed by atoms with van der Waals surface area (Å²) in [7, 11) is 0. The third-order valence-electron chi connectivity index (χ3n) is 6.63. The number of fused-ring (bicyclic) bond motifs is 1. The molecule has 1 atom stereocenters. The summed E-state index contributed by atoms with van der Waals surface area (Å²) in [5.74, 6) is 0.934. The molecule has 2 N–H and O–H groups in total. The number of hydrogen-bond acceptors (Lipinski definition) is 6. The number of pyridine rings is 1. The van der Waals surface area contributed by atoms with Gasteiger partial charge in [0.25, 0.3) is 5.56 Å². The van der Waals surface area contributed by atoms with Crippen molar-refractivity contribution in [3.05, 3.63) is 87.0 Å². The zero-order valence-electron chi connectivity index (χ0n) is 20.9. The second kappa shape index (κ2) is 10.9. The molecule has 0 radical (unpaired) electrons. The number of aliphatic hydroxyl groups is 1. The quantitative estimate of drug-likeness (QED) is 0.363. The smallest absolute Gasteiger partial charge is 0.252 e. The normalized spacial score (nSPS) is 12.7. The van der Waals surface area contributed by atoms with Gasteiger partial charge < -0.3 is 10.1 Å². The Balaban J connectivity index is 1.70. The number of aromatic nitrogens is 5. The minimum absolute atomic E-state index is 0.0722. The van der Waals surface area contributed by atoms with Crippen molar-refractivity contribution < 1.29 is 5.11 Å². The second-order valence-corrected chi connectivity index (χ2v) is 9.51. The van der Waals surface area contributed by atoms with Crippen molar-refractivity contribution in [1.82, 2.24) is 30.1 Å². The lowest BCUT2D eigenvalue weighted by atomic mass is 9.99. The van der Waals surface area contributed by atoms with Gasteiger partial charge in [-0.1, -0.05) is 56.3 Å². The van der Waals surface area contributed by atoms with Crippen LogP contribution in [-0.2, 0) is 13.1 Å². The summed E-state index contributed by atoms with van der Waals surface area (Å²) in [5.41, 5.74) is 4.83. The van der Waals surface area contributed by atoms with Crippen LogP contribution in [0.25, 0.3) is 10.9 Å². The first-order valence-electron chi connectivity index (χ1n) is 12.2. The first kappa shape index (κ1) is 24.8. The summed E-state index contributed by atoms with van der Waals surface area (Å²) >= 11 is 0. The number of H-pyrrole nitrogens is 1. The van der Waals surface area contributed by atoms with Gasteiger partial charge >= 0.3 is 0 Å². The highest BCUT2D eigenvalue weighted by Crippen LogP contribution is 2.29. The third-order valence-corrected chi connectivity index (χ3v) is 6.63. The number of tetrazole rings is 1. The van der Waals surface area contributed by atoms with Crippen LogP contribution >= 0.6 is 0 Å². The summed E-state index contributed by atoms with van der Waals surface area (Å²) < 4.78 is 1.84. The van der Waals surface area contributed by atoms with Crippen molar-refractivity contribution in [2.45, 2.75) is 53.2 Å². The highest BCUT2D eigenvalue weighted by molar-refractivity contribution is 5.83. The van der Waals surface area contributed by atoms with Crippen molar-refractivity contribution in [2.24, 2.45) is 5.92 Å². The summed E-state index contributed by atoms with van der Waals surface area (Å²) in [5, 5.41) is 23.3. The standard InChI is InChI=1S/C27H34N6O2/c1-18(2)25(26-29-30-31-33(26)16-21-9-6-5-7-10-21)32(13-8-14-34)17-23-15-22-12-11-19(3)20(4)24(22)28-27(23)35/h5-7,9-12,15,18,25,34H,8,13-14,16-17H2,1-4H3,(H,28,35)/t25-/m0/s1. The Labute approximate surface area is 205 Å². The van der Waals surface area contributed by atoms with Crippen molar-refractivity contribution >= 4 is 10.9 Å². The van der Waals surface area contributed by atoms with Crippen molar-refractivity contribution in [3.8, 4) is 0 Å². The summed E-state index contributed by atoms with van der Waals surface area (Å²) in [6, 6.07) is 16.1. The fraction of sp³-hybridized carbons (Fsp3) is 0.407. The lowest BCUT2D eigenvalue weighted by Gasteiger charge is -2.33. The Kier molecular flexibility index (Phi) is 7.73. The first-order chi connectivity index (χ1) is 16.9. The molecule has 0 saturated heterocycles. The number of aromatic amines is 1. The topological polar surface area (TPSA) is 99.9 Å². The highest BCUT2D eigenvalue weighted by atomic mass is 16.3. The molecule has 2 aromatic heterocycles. The average Bonchev–Trinajstić information content (AvgIpc) is 3.28. The van der Waals surface area contributed by atoms with Gasteiger partial charge in [-0.2, -0.15) is 0 Å². The van der Waals surface area contributed by atoms with E-state index in [0.717, 1.165) is 33.4 Å². The predicted molar refractivity (Wildman–Crippen MR) is 137 cm³/mol. The van der Waals surface area contributed by atoms with Crippen LogP contribution in [0.1, 0.15) is 54.4 Å². The van der Waals surface area contributed by atoms with E-state index in [1.807, 2.05) is 42.8 Å². The van der Waals surface area contributed by atoms with E-state index in [9.17, 15) is 9.90 Å². The number of aliphatic hydroxyl groups excluding tert-OH is 1. The monoisotopic (exact) mass is 474 g/mol. The van der Waals surface area contributed by atoms with Crippen LogP contribution in [0.5, 0.6) is 0 Å². The van der Waals surface area contributed by atoms with Crippen LogP contribution in [0.2, 0.25) is 0 Å². The van der Waals surface area contributed by atoms with Crippen molar-refractivity contribution in [2.75, 3.05) is 13.2 Å². The molecule has 0 spiro atoms. The van der Waals surface area contributed by atoms with E-state index >= 15 is 0 Å². The van der Waals surface area contributed by atoms with Gasteiger partial charge in [0.15, 0.2) is 5.82 Å². The molecule has 2 aromatic carbocycles. The van der Waals surface area contributed by atoms with E-state index in [2.05, 4.69) is 63.5 Å². The Morgan fingerprint density at radius 3 is 2.60 bits per heavy atom. The van der Waals surface area contributed by atoms with Gasteiger partial charge in [0.05, 0.1) is 18.1 Å². The Bertz CT molecular complexity index is 1330. The maximum Gasteiger partial charge on any atom is 0.252 e. The fourth-order valence-corrected chi connectivity index (χ4v) is 4.67. The highest BCUT2D eigenvalue weighted by Gasteiger charge is 2.29. The molecule has 4 rings (SSSR count). The largest absolute Gasteiger partial charge is 0.396 e. The van der Waals surface area contributed by atoms with Crippen molar-refractivity contribution in [3.63, 3.8) is 0 Å². The molecule has 8 nitrogen and oxygen atoms in total. The summed E-state index contributed by atoms with van der Waals surface area (Å²) in [6.07, 6.45) is 0.591. The molecule has 0 fully saturated rings. The Morgan fingerprint density at radius 2 is 1.89 bits per heavy atom. The third kappa shape index (κ3) is 5.49. The van der Waals surface area contributed by atoms with E-state index in [1.165, 1.54) is 0 Å². The fourth-order valence-electron chi connectivity index (χ4n) is 4.67. The Hall–Kier alpha value is -3.36. The van der Waals surface area contributed by atoms with Crippen LogP contribution in [0.3, 0.4) is 0 Å². The molecule has 0 unspecified atom stereocenters. The number of aryl methyl sites for hydroxylation is 2. The summed E-state index contributed by atoms with van der Waals surface area (Å²) in [4.78, 5) is 18.4. The van der Waals surface area contributed by atoms with Gasteiger partial charge in [-0.05, 0) is 64.8 Å². The molecule has 8 heteroatoms. The minimum atomic E-state index is -0.130. The summed E-state index contributed by atoms with van der Waals surface area (Å²) in [6.45, 7) is 10.0. The zero-order chi connectivity index (χ0) is 24.9. The second-order valence-electron chi connectivity index (χ2n) is 9.51. The molecule has 35 heavy (non-hydrogen) atoms. The van der Waals surface area contributed by atoms with Crippen LogP contribution in [0, 0.1) is 19.8 Å². The maximum absolute atomic E-state index is 13.1. The van der Waals surface area contributed by atoms with Gasteiger partial charge in [-0.15, -0.1) is 5.10 Å². The van der Waals surface area contributed by atoms with Crippen LogP contribution in [0.4, 0.5) is 0 Å². The van der Waals surface area contributed by atoms with Gasteiger partial charge in [0.1, 0.15) is 0 Å². The lowest BCUT2D eigenvalue weighted by molar-refractivity contribution is 0.122. The first-order valence-corrected chi connectivity index (χ1v) is 12.2. The van der Waals surface area contributed by atoms with E-state index in [-0.39, 0.29) is 24.1 Å². The number of nitrogens with zero attached hydrogens (tertiary/aromatic N) is 5. The van der Waals surface area contributed by atoms with E-state index in [0.29, 0.717) is 31.6 Å². The van der Waals surface area contributed by atoms with E-state index in [1.54, 1.807) is 0 Å². The molecule has 2 heterocycles. The van der Waals surface area contributed by atoms with Crippen LogP contribution < -0.4 is 5.56 Å². The molecule has 0 aliphatic carbocycles. The molecule has 0 amide bonds. The van der Waals surface area contributed by atoms with E-state index < -0.39 is 0 Å². The Morgan fingerprint density at radius 1 is 1.11 bits per heavy atom. The number of hydrogen-bond donors (Lipinski definition) is 2. The SMILES string of the molecule is Cc1ccc2cc(CN(CCCO)[C@H](c3nnnn3Cc3ccccc3)C(C)C)c(=O)[nH]c2c1C. The number of rotatable bonds is 10. The van der Waals surface area contributed by atoms with Crippen LogP contribution in [0.15, 0.2) is 53.3 Å². The van der Waals surface area contributed by atoms with Gasteiger partial charge in [0, 0.05) is 25.3 Å². The molecule has 184 valence electrons. The van der Waals surface area contributed by atoms with Gasteiger partial charge in [0.2, 0.25) is 0 Å². The molecule has 0 aliphatic rings. The molecule has 0 saturated carbocycles. The molecular weight excluding hydrogens is 440 g/mol. The zero-order valence-corrected chi connectivity index (χ0v) is 20.9. The average molecular weight is 475 g/mol. The molecule has 0 bridgehead atoms. The van der Waals surface area contributed by atoms with Gasteiger partial charge in [-0.25, -0.2) is 4.68 Å². The van der Waals surface area contributed by atoms with Crippen LogP contribution in [-0.4, -0.2) is 48.3 Å². The molecular formula is C27H34N6O2. The van der Waals surface area contributed by atoms with E-state index in [4.69, 9.17) is 0 Å².